The van der Waals surface area contributed by atoms with Gasteiger partial charge in [-0.3, -0.25) is 0 Å². The lowest BCUT2D eigenvalue weighted by Crippen LogP contribution is -2.25. The number of hydrogen-bond acceptors (Lipinski definition) is 8. The predicted molar refractivity (Wildman–Crippen MR) is 158 cm³/mol. The highest BCUT2D eigenvalue weighted by atomic mass is 35.5. The standard InChI is InChI=1S/C28H34ClN7O4S/c1-3-6-24-34-26(30-2)25-27(35-24)36(19-32-25)15-4-5-16-40-28(37)31-17-20-9-13-23(14-10-20)41(38,39)33-18-21-7-11-22(29)12-8-21/h7-14,19,33H,3-6,15-18H2,1-2H3,(H,31,37)(H,30,34,35). The lowest BCUT2D eigenvalue weighted by atomic mass is 10.2. The molecule has 3 N–H and O–H groups in total. The molecule has 4 rings (SSSR count). The lowest BCUT2D eigenvalue weighted by molar-refractivity contribution is 0.143. The van der Waals surface area contributed by atoms with E-state index in [9.17, 15) is 13.2 Å². The van der Waals surface area contributed by atoms with Crippen molar-refractivity contribution >= 4 is 44.7 Å². The molecule has 0 radical (unpaired) electrons. The number of sulfonamides is 1. The highest BCUT2D eigenvalue weighted by Crippen LogP contribution is 2.20. The second-order valence-corrected chi connectivity index (χ2v) is 11.6. The van der Waals surface area contributed by atoms with E-state index in [-0.39, 0.29) is 24.6 Å². The first-order valence-electron chi connectivity index (χ1n) is 13.4. The van der Waals surface area contributed by atoms with E-state index in [0.717, 1.165) is 53.2 Å². The number of aryl methyl sites for hydroxylation is 2. The number of carbonyl (C=O) groups is 1. The number of unbranched alkanes of at least 4 members (excludes halogenated alkanes) is 1. The Bertz CT molecular complexity index is 1560. The van der Waals surface area contributed by atoms with E-state index in [2.05, 4.69) is 37.2 Å². The Kier molecular flexibility index (Phi) is 10.5. The normalized spacial score (nSPS) is 11.5. The van der Waals surface area contributed by atoms with E-state index in [0.29, 0.717) is 18.0 Å². The SMILES string of the molecule is CCCc1nc(NC)c2ncn(CCCCOC(=O)NCc3ccc(S(=O)(=O)NCc4ccc(Cl)cc4)cc3)c2n1. The third-order valence-corrected chi connectivity index (χ3v) is 7.97. The van der Waals surface area contributed by atoms with Crippen molar-refractivity contribution in [1.29, 1.82) is 0 Å². The maximum atomic E-state index is 12.6. The Labute approximate surface area is 244 Å². The molecule has 0 saturated carbocycles. The van der Waals surface area contributed by atoms with Gasteiger partial charge in [0.2, 0.25) is 10.0 Å². The topological polar surface area (TPSA) is 140 Å². The quantitative estimate of drug-likeness (QED) is 0.178. The molecule has 0 aliphatic rings. The Hall–Kier alpha value is -3.74. The van der Waals surface area contributed by atoms with E-state index in [1.807, 2.05) is 11.6 Å². The van der Waals surface area contributed by atoms with Gasteiger partial charge in [-0.05, 0) is 54.7 Å². The van der Waals surface area contributed by atoms with Crippen LogP contribution in [0.4, 0.5) is 10.6 Å². The van der Waals surface area contributed by atoms with Crippen molar-refractivity contribution in [1.82, 2.24) is 29.6 Å². The smallest absolute Gasteiger partial charge is 0.407 e. The zero-order chi connectivity index (χ0) is 29.2. The summed E-state index contributed by atoms with van der Waals surface area (Å²) in [7, 11) is -1.86. The number of aromatic nitrogens is 4. The molecule has 0 bridgehead atoms. The average Bonchev–Trinajstić information content (AvgIpc) is 3.38. The van der Waals surface area contributed by atoms with Crippen LogP contribution in [0.2, 0.25) is 5.02 Å². The fourth-order valence-electron chi connectivity index (χ4n) is 4.09. The zero-order valence-corrected chi connectivity index (χ0v) is 24.6. The second-order valence-electron chi connectivity index (χ2n) is 9.39. The number of ether oxygens (including phenoxy) is 1. The number of amides is 1. The first-order valence-corrected chi connectivity index (χ1v) is 15.3. The Morgan fingerprint density at radius 3 is 2.41 bits per heavy atom. The van der Waals surface area contributed by atoms with Crippen molar-refractivity contribution in [2.45, 2.75) is 57.1 Å². The lowest BCUT2D eigenvalue weighted by Gasteiger charge is -2.10. The fraction of sp³-hybridized carbons (Fsp3) is 0.357. The molecule has 41 heavy (non-hydrogen) atoms. The number of halogens is 1. The highest BCUT2D eigenvalue weighted by Gasteiger charge is 2.14. The van der Waals surface area contributed by atoms with Gasteiger partial charge < -0.3 is 19.9 Å². The minimum atomic E-state index is -3.68. The summed E-state index contributed by atoms with van der Waals surface area (Å²) in [4.78, 5) is 25.9. The molecular formula is C28H34ClN7O4S. The van der Waals surface area contributed by atoms with Crippen LogP contribution in [0.3, 0.4) is 0 Å². The van der Waals surface area contributed by atoms with Crippen LogP contribution in [-0.4, -0.2) is 47.7 Å². The number of nitrogens with zero attached hydrogens (tertiary/aromatic N) is 4. The molecule has 2 heterocycles. The van der Waals surface area contributed by atoms with E-state index in [1.54, 1.807) is 42.7 Å². The zero-order valence-electron chi connectivity index (χ0n) is 23.1. The summed E-state index contributed by atoms with van der Waals surface area (Å²) < 4.78 is 35.0. The van der Waals surface area contributed by atoms with E-state index in [4.69, 9.17) is 16.3 Å². The van der Waals surface area contributed by atoms with Crippen LogP contribution in [0, 0.1) is 0 Å². The first-order chi connectivity index (χ1) is 19.8. The number of nitrogens with one attached hydrogen (secondary N) is 3. The molecule has 13 heteroatoms. The number of rotatable bonds is 14. The third-order valence-electron chi connectivity index (χ3n) is 6.30. The molecular weight excluding hydrogens is 566 g/mol. The largest absolute Gasteiger partial charge is 0.450 e. The van der Waals surface area contributed by atoms with E-state index >= 15 is 0 Å². The molecule has 11 nitrogen and oxygen atoms in total. The van der Waals surface area contributed by atoms with Crippen molar-refractivity contribution in [3.05, 3.63) is 76.8 Å². The molecule has 0 atom stereocenters. The molecule has 218 valence electrons. The number of anilines is 1. The van der Waals surface area contributed by atoms with Crippen molar-refractivity contribution in [3.63, 3.8) is 0 Å². The number of imidazole rings is 1. The average molecular weight is 600 g/mol. The monoisotopic (exact) mass is 599 g/mol. The fourth-order valence-corrected chi connectivity index (χ4v) is 5.23. The number of alkyl carbamates (subject to hydrolysis) is 1. The third kappa shape index (κ3) is 8.38. The maximum absolute atomic E-state index is 12.6. The van der Waals surface area contributed by atoms with Gasteiger partial charge in [0.05, 0.1) is 17.8 Å². The van der Waals surface area contributed by atoms with E-state index < -0.39 is 16.1 Å². The Morgan fingerprint density at radius 1 is 1.00 bits per heavy atom. The molecule has 1 amide bonds. The van der Waals surface area contributed by atoms with Crippen molar-refractivity contribution in [2.24, 2.45) is 0 Å². The van der Waals surface area contributed by atoms with Gasteiger partial charge in [-0.2, -0.15) is 0 Å². The van der Waals surface area contributed by atoms with Gasteiger partial charge in [0.1, 0.15) is 11.3 Å². The predicted octanol–water partition coefficient (Wildman–Crippen LogP) is 4.66. The van der Waals surface area contributed by atoms with Crippen molar-refractivity contribution in [2.75, 3.05) is 19.0 Å². The molecule has 2 aromatic heterocycles. The summed E-state index contributed by atoms with van der Waals surface area (Å²) in [5.74, 6) is 1.51. The molecule has 0 saturated heterocycles. The summed E-state index contributed by atoms with van der Waals surface area (Å²) in [6, 6.07) is 13.3. The maximum Gasteiger partial charge on any atom is 0.407 e. The van der Waals surface area contributed by atoms with Crippen LogP contribution >= 0.6 is 11.6 Å². The number of benzene rings is 2. The molecule has 0 fully saturated rings. The van der Waals surface area contributed by atoms with Crippen molar-refractivity contribution in [3.8, 4) is 0 Å². The number of carbonyl (C=O) groups excluding carboxylic acids is 1. The second kappa shape index (κ2) is 14.2. The Morgan fingerprint density at radius 2 is 1.71 bits per heavy atom. The molecule has 2 aromatic carbocycles. The van der Waals surface area contributed by atoms with Crippen molar-refractivity contribution < 1.29 is 17.9 Å². The van der Waals surface area contributed by atoms with Gasteiger partial charge in [-0.25, -0.2) is 32.9 Å². The summed E-state index contributed by atoms with van der Waals surface area (Å²) in [5, 5.41) is 6.37. The molecule has 0 spiro atoms. The minimum absolute atomic E-state index is 0.138. The van der Waals surface area contributed by atoms with Crippen LogP contribution < -0.4 is 15.4 Å². The molecule has 0 aliphatic carbocycles. The van der Waals surface area contributed by atoms with Gasteiger partial charge in [0, 0.05) is 38.1 Å². The van der Waals surface area contributed by atoms with E-state index in [1.165, 1.54) is 12.1 Å². The van der Waals surface area contributed by atoms with Crippen LogP contribution in [0.25, 0.3) is 11.2 Å². The van der Waals surface area contributed by atoms with Gasteiger partial charge >= 0.3 is 6.09 Å². The summed E-state index contributed by atoms with van der Waals surface area (Å²) in [6.45, 7) is 3.42. The van der Waals surface area contributed by atoms with Crippen LogP contribution in [0.1, 0.15) is 43.1 Å². The number of fused-ring (bicyclic) bond motifs is 1. The molecule has 0 unspecified atom stereocenters. The van der Waals surface area contributed by atoms with Gasteiger partial charge in [-0.15, -0.1) is 0 Å². The molecule has 4 aromatic rings. The summed E-state index contributed by atoms with van der Waals surface area (Å²) >= 11 is 5.87. The van der Waals surface area contributed by atoms with Crippen LogP contribution in [-0.2, 0) is 40.8 Å². The van der Waals surface area contributed by atoms with Gasteiger partial charge in [0.25, 0.3) is 0 Å². The highest BCUT2D eigenvalue weighted by molar-refractivity contribution is 7.89. The Balaban J connectivity index is 1.18. The number of hydrogen-bond donors (Lipinski definition) is 3. The summed E-state index contributed by atoms with van der Waals surface area (Å²) in [5.41, 5.74) is 3.08. The summed E-state index contributed by atoms with van der Waals surface area (Å²) in [6.07, 6.45) is 4.44. The molecule has 0 aliphatic heterocycles. The van der Waals surface area contributed by atoms with Gasteiger partial charge in [-0.1, -0.05) is 42.8 Å². The minimum Gasteiger partial charge on any atom is -0.450 e. The van der Waals surface area contributed by atoms with Gasteiger partial charge in [0.15, 0.2) is 11.5 Å². The van der Waals surface area contributed by atoms with Crippen LogP contribution in [0.5, 0.6) is 0 Å². The first kappa shape index (κ1) is 30.2. The van der Waals surface area contributed by atoms with Crippen LogP contribution in [0.15, 0.2) is 59.8 Å².